The minimum absolute atomic E-state index is 0.346. The van der Waals surface area contributed by atoms with Gasteiger partial charge in [-0.3, -0.25) is 0 Å². The number of fused-ring (bicyclic) bond motifs is 2. The van der Waals surface area contributed by atoms with E-state index in [-0.39, 0.29) is 0 Å². The molecule has 0 aliphatic carbocycles. The zero-order valence-electron chi connectivity index (χ0n) is 10.1. The SMILES string of the molecule is O=C(O)c1cccc(CNC2CC3CCC2O3)c1. The first kappa shape index (κ1) is 11.7. The summed E-state index contributed by atoms with van der Waals surface area (Å²) in [5.74, 6) is -0.875. The molecule has 2 heterocycles. The first-order valence-corrected chi connectivity index (χ1v) is 6.43. The number of carbonyl (C=O) groups is 1. The van der Waals surface area contributed by atoms with Gasteiger partial charge in [0.25, 0.3) is 0 Å². The van der Waals surface area contributed by atoms with Crippen LogP contribution < -0.4 is 5.32 Å². The van der Waals surface area contributed by atoms with Crippen LogP contribution in [0.5, 0.6) is 0 Å². The largest absolute Gasteiger partial charge is 0.478 e. The molecule has 0 radical (unpaired) electrons. The molecule has 2 aliphatic rings. The van der Waals surface area contributed by atoms with Crippen molar-refractivity contribution in [3.05, 3.63) is 35.4 Å². The molecule has 2 N–H and O–H groups in total. The highest BCUT2D eigenvalue weighted by molar-refractivity contribution is 5.87. The molecule has 1 aromatic rings. The minimum atomic E-state index is -0.875. The molecule has 4 nitrogen and oxygen atoms in total. The van der Waals surface area contributed by atoms with Crippen molar-refractivity contribution in [2.24, 2.45) is 0 Å². The Kier molecular flexibility index (Phi) is 3.06. The second-order valence-corrected chi connectivity index (χ2v) is 5.10. The summed E-state index contributed by atoms with van der Waals surface area (Å²) in [6.45, 7) is 0.707. The van der Waals surface area contributed by atoms with E-state index in [1.807, 2.05) is 6.07 Å². The molecule has 4 heteroatoms. The van der Waals surface area contributed by atoms with Crippen LogP contribution in [0.1, 0.15) is 35.2 Å². The predicted molar refractivity (Wildman–Crippen MR) is 66.5 cm³/mol. The fourth-order valence-electron chi connectivity index (χ4n) is 2.92. The summed E-state index contributed by atoms with van der Waals surface area (Å²) in [4.78, 5) is 10.9. The second-order valence-electron chi connectivity index (χ2n) is 5.10. The van der Waals surface area contributed by atoms with Gasteiger partial charge in [0.2, 0.25) is 0 Å². The maximum Gasteiger partial charge on any atom is 0.335 e. The van der Waals surface area contributed by atoms with Crippen LogP contribution in [0, 0.1) is 0 Å². The maximum atomic E-state index is 10.9. The van der Waals surface area contributed by atoms with E-state index in [0.29, 0.717) is 30.4 Å². The van der Waals surface area contributed by atoms with Gasteiger partial charge in [0.05, 0.1) is 17.8 Å². The molecule has 3 atom stereocenters. The van der Waals surface area contributed by atoms with Crippen molar-refractivity contribution in [1.82, 2.24) is 5.32 Å². The van der Waals surface area contributed by atoms with E-state index in [2.05, 4.69) is 5.32 Å². The van der Waals surface area contributed by atoms with Crippen molar-refractivity contribution in [1.29, 1.82) is 0 Å². The van der Waals surface area contributed by atoms with E-state index in [4.69, 9.17) is 9.84 Å². The molecule has 18 heavy (non-hydrogen) atoms. The lowest BCUT2D eigenvalue weighted by Gasteiger charge is -2.20. The normalized spacial score (nSPS) is 29.7. The van der Waals surface area contributed by atoms with Gasteiger partial charge >= 0.3 is 5.97 Å². The molecule has 2 saturated heterocycles. The van der Waals surface area contributed by atoms with Gasteiger partial charge in [0.1, 0.15) is 0 Å². The Labute approximate surface area is 106 Å². The highest BCUT2D eigenvalue weighted by atomic mass is 16.5. The Balaban J connectivity index is 1.60. The quantitative estimate of drug-likeness (QED) is 0.851. The zero-order chi connectivity index (χ0) is 12.5. The molecule has 1 aromatic carbocycles. The van der Waals surface area contributed by atoms with E-state index < -0.39 is 5.97 Å². The molecule has 96 valence electrons. The van der Waals surface area contributed by atoms with Crippen LogP contribution in [0.4, 0.5) is 0 Å². The molecule has 0 aromatic heterocycles. The van der Waals surface area contributed by atoms with Crippen molar-refractivity contribution in [3.8, 4) is 0 Å². The Hall–Kier alpha value is -1.39. The van der Waals surface area contributed by atoms with Gasteiger partial charge in [0.15, 0.2) is 0 Å². The lowest BCUT2D eigenvalue weighted by Crippen LogP contribution is -2.37. The molecular formula is C14H17NO3. The third-order valence-corrected chi connectivity index (χ3v) is 3.85. The summed E-state index contributed by atoms with van der Waals surface area (Å²) in [5, 5.41) is 12.4. The third kappa shape index (κ3) is 2.26. The zero-order valence-corrected chi connectivity index (χ0v) is 10.1. The Morgan fingerprint density at radius 1 is 1.44 bits per heavy atom. The minimum Gasteiger partial charge on any atom is -0.478 e. The van der Waals surface area contributed by atoms with E-state index in [1.165, 1.54) is 6.42 Å². The fraction of sp³-hybridized carbons (Fsp3) is 0.500. The highest BCUT2D eigenvalue weighted by Crippen LogP contribution is 2.34. The molecule has 2 fully saturated rings. The first-order chi connectivity index (χ1) is 8.72. The average molecular weight is 247 g/mol. The monoisotopic (exact) mass is 247 g/mol. The summed E-state index contributed by atoms with van der Waals surface area (Å²) in [5.41, 5.74) is 1.36. The van der Waals surface area contributed by atoms with Gasteiger partial charge < -0.3 is 15.2 Å². The fourth-order valence-corrected chi connectivity index (χ4v) is 2.92. The van der Waals surface area contributed by atoms with Crippen molar-refractivity contribution in [2.75, 3.05) is 0 Å². The lowest BCUT2D eigenvalue weighted by atomic mass is 9.95. The van der Waals surface area contributed by atoms with Gasteiger partial charge in [-0.15, -0.1) is 0 Å². The summed E-state index contributed by atoms with van der Waals surface area (Å²) in [6.07, 6.45) is 4.23. The van der Waals surface area contributed by atoms with Crippen molar-refractivity contribution >= 4 is 5.97 Å². The highest BCUT2D eigenvalue weighted by Gasteiger charge is 2.40. The van der Waals surface area contributed by atoms with Crippen LogP contribution in [0.2, 0.25) is 0 Å². The number of rotatable bonds is 4. The summed E-state index contributed by atoms with van der Waals surface area (Å²) < 4.78 is 5.78. The van der Waals surface area contributed by atoms with Crippen LogP contribution in [0.15, 0.2) is 24.3 Å². The number of carboxylic acid groups (broad SMARTS) is 1. The Morgan fingerprint density at radius 3 is 3.00 bits per heavy atom. The van der Waals surface area contributed by atoms with Crippen LogP contribution in [-0.4, -0.2) is 29.3 Å². The second kappa shape index (κ2) is 4.71. The van der Waals surface area contributed by atoms with E-state index in [9.17, 15) is 4.79 Å². The van der Waals surface area contributed by atoms with Crippen LogP contribution >= 0.6 is 0 Å². The molecule has 0 spiro atoms. The number of carboxylic acids is 1. The number of aromatic carboxylic acids is 1. The summed E-state index contributed by atoms with van der Waals surface area (Å²) >= 11 is 0. The van der Waals surface area contributed by atoms with Gasteiger partial charge in [0, 0.05) is 12.6 Å². The van der Waals surface area contributed by atoms with E-state index in [1.54, 1.807) is 18.2 Å². The maximum absolute atomic E-state index is 10.9. The van der Waals surface area contributed by atoms with Crippen LogP contribution in [0.3, 0.4) is 0 Å². The molecule has 2 aliphatic heterocycles. The average Bonchev–Trinajstić information content (AvgIpc) is 2.99. The van der Waals surface area contributed by atoms with Crippen molar-refractivity contribution in [3.63, 3.8) is 0 Å². The summed E-state index contributed by atoms with van der Waals surface area (Å²) in [7, 11) is 0. The van der Waals surface area contributed by atoms with E-state index >= 15 is 0 Å². The molecule has 3 unspecified atom stereocenters. The third-order valence-electron chi connectivity index (χ3n) is 3.85. The standard InChI is InChI=1S/C14H17NO3/c16-14(17)10-3-1-2-9(6-10)8-15-12-7-11-4-5-13(12)18-11/h1-3,6,11-13,15H,4-5,7-8H2,(H,16,17). The topological polar surface area (TPSA) is 58.6 Å². The van der Waals surface area contributed by atoms with Crippen LogP contribution in [0.25, 0.3) is 0 Å². The number of ether oxygens (including phenoxy) is 1. The van der Waals surface area contributed by atoms with E-state index in [0.717, 1.165) is 18.4 Å². The van der Waals surface area contributed by atoms with Crippen LogP contribution in [-0.2, 0) is 11.3 Å². The molecular weight excluding hydrogens is 230 g/mol. The Morgan fingerprint density at radius 2 is 2.33 bits per heavy atom. The molecule has 3 rings (SSSR count). The molecule has 0 saturated carbocycles. The molecule has 0 amide bonds. The number of hydrogen-bond donors (Lipinski definition) is 2. The number of benzene rings is 1. The smallest absolute Gasteiger partial charge is 0.335 e. The van der Waals surface area contributed by atoms with Gasteiger partial charge in [-0.1, -0.05) is 12.1 Å². The summed E-state index contributed by atoms with van der Waals surface area (Å²) in [6, 6.07) is 7.51. The van der Waals surface area contributed by atoms with Gasteiger partial charge in [-0.25, -0.2) is 4.79 Å². The van der Waals surface area contributed by atoms with Crippen molar-refractivity contribution in [2.45, 2.75) is 44.1 Å². The number of hydrogen-bond acceptors (Lipinski definition) is 3. The lowest BCUT2D eigenvalue weighted by molar-refractivity contribution is 0.0696. The van der Waals surface area contributed by atoms with Crippen molar-refractivity contribution < 1.29 is 14.6 Å². The molecule has 2 bridgehead atoms. The van der Waals surface area contributed by atoms with Gasteiger partial charge in [-0.05, 0) is 37.0 Å². The first-order valence-electron chi connectivity index (χ1n) is 6.43. The predicted octanol–water partition coefficient (Wildman–Crippen LogP) is 1.79. The van der Waals surface area contributed by atoms with Gasteiger partial charge in [-0.2, -0.15) is 0 Å². The Bertz CT molecular complexity index is 460. The number of nitrogens with one attached hydrogen (secondary N) is 1.